The fraction of sp³-hybridized carbons (Fsp3) is 0.400. The summed E-state index contributed by atoms with van der Waals surface area (Å²) in [5, 5.41) is 0. The van der Waals surface area contributed by atoms with Crippen LogP contribution >= 0.6 is 0 Å². The molecule has 0 amide bonds. The number of sulfonamides is 1. The lowest BCUT2D eigenvalue weighted by Gasteiger charge is -2.41. The van der Waals surface area contributed by atoms with Gasteiger partial charge in [0.2, 0.25) is 10.0 Å². The van der Waals surface area contributed by atoms with Gasteiger partial charge in [-0.2, -0.15) is 4.31 Å². The van der Waals surface area contributed by atoms with Gasteiger partial charge in [-0.15, -0.1) is 0 Å². The Labute approximate surface area is 165 Å². The van der Waals surface area contributed by atoms with E-state index in [4.69, 9.17) is 14.5 Å². The number of benzene rings is 2. The van der Waals surface area contributed by atoms with Crippen molar-refractivity contribution < 1.29 is 22.9 Å². The monoisotopic (exact) mass is 404 g/mol. The Kier molecular flexibility index (Phi) is 5.93. The summed E-state index contributed by atoms with van der Waals surface area (Å²) in [5.41, 5.74) is 1.06. The quantitative estimate of drug-likeness (QED) is 0.687. The van der Waals surface area contributed by atoms with Crippen LogP contribution in [0.1, 0.15) is 0 Å². The lowest BCUT2D eigenvalue weighted by atomic mass is 10.2. The van der Waals surface area contributed by atoms with Crippen molar-refractivity contribution in [3.63, 3.8) is 0 Å². The van der Waals surface area contributed by atoms with E-state index in [1.165, 1.54) is 4.31 Å². The molecule has 0 spiro atoms. The van der Waals surface area contributed by atoms with Crippen LogP contribution in [0.2, 0.25) is 0 Å². The first kappa shape index (κ1) is 19.4. The highest BCUT2D eigenvalue weighted by Gasteiger charge is 2.37. The number of rotatable bonds is 6. The molecule has 0 N–H and O–H groups in total. The smallest absolute Gasteiger partial charge is 0.245 e. The maximum atomic E-state index is 13.2. The van der Waals surface area contributed by atoms with E-state index in [9.17, 15) is 8.42 Å². The molecule has 0 saturated carbocycles. The highest BCUT2D eigenvalue weighted by Crippen LogP contribution is 2.26. The third-order valence-electron chi connectivity index (χ3n) is 4.97. The minimum atomic E-state index is -3.64. The van der Waals surface area contributed by atoms with Gasteiger partial charge in [0, 0.05) is 24.7 Å². The molecule has 2 aromatic rings. The second kappa shape index (κ2) is 8.59. The maximum Gasteiger partial charge on any atom is 0.245 e. The van der Waals surface area contributed by atoms with Crippen molar-refractivity contribution in [2.75, 3.05) is 44.4 Å². The van der Waals surface area contributed by atoms with Gasteiger partial charge in [-0.05, 0) is 24.3 Å². The number of hydrogen-bond donors (Lipinski definition) is 0. The molecular weight excluding hydrogens is 380 g/mol. The highest BCUT2D eigenvalue weighted by molar-refractivity contribution is 7.89. The average Bonchev–Trinajstić information content (AvgIpc) is 3.27. The molecule has 2 heterocycles. The first-order chi connectivity index (χ1) is 13.6. The van der Waals surface area contributed by atoms with E-state index < -0.39 is 16.3 Å². The Hall–Kier alpha value is -1.97. The van der Waals surface area contributed by atoms with Crippen molar-refractivity contribution in [1.82, 2.24) is 4.31 Å². The van der Waals surface area contributed by atoms with Crippen molar-refractivity contribution in [1.29, 1.82) is 0 Å². The van der Waals surface area contributed by atoms with E-state index in [-0.39, 0.29) is 10.8 Å². The third-order valence-corrected chi connectivity index (χ3v) is 6.88. The Morgan fingerprint density at radius 2 is 1.57 bits per heavy atom. The maximum absolute atomic E-state index is 13.2. The van der Waals surface area contributed by atoms with Crippen LogP contribution in [0.15, 0.2) is 65.6 Å². The van der Waals surface area contributed by atoms with Gasteiger partial charge < -0.3 is 9.64 Å². The normalized spacial score (nSPS) is 21.9. The van der Waals surface area contributed by atoms with Gasteiger partial charge in [-0.3, -0.25) is 0 Å². The van der Waals surface area contributed by atoms with Crippen molar-refractivity contribution in [2.24, 2.45) is 5.92 Å². The van der Waals surface area contributed by atoms with Gasteiger partial charge in [0.25, 0.3) is 0 Å². The van der Waals surface area contributed by atoms with E-state index >= 15 is 0 Å². The average molecular weight is 404 g/mol. The van der Waals surface area contributed by atoms with E-state index in [1.807, 2.05) is 30.3 Å². The summed E-state index contributed by atoms with van der Waals surface area (Å²) in [5.74, 6) is 0.105. The molecule has 8 heteroatoms. The van der Waals surface area contributed by atoms with Crippen LogP contribution in [0.25, 0.3) is 0 Å². The minimum absolute atomic E-state index is 0.105. The van der Waals surface area contributed by atoms with Crippen LogP contribution < -0.4 is 4.90 Å². The molecule has 2 aliphatic rings. The Morgan fingerprint density at radius 3 is 2.25 bits per heavy atom. The topological polar surface area (TPSA) is 68.3 Å². The fourth-order valence-electron chi connectivity index (χ4n) is 3.43. The number of ether oxygens (including phenoxy) is 1. The molecule has 150 valence electrons. The molecule has 2 saturated heterocycles. The first-order valence-corrected chi connectivity index (χ1v) is 10.8. The molecule has 2 aromatic carbocycles. The second-order valence-electron chi connectivity index (χ2n) is 6.93. The van der Waals surface area contributed by atoms with Crippen LogP contribution in [0.5, 0.6) is 0 Å². The summed E-state index contributed by atoms with van der Waals surface area (Å²) in [6.07, 6.45) is -0.584. The summed E-state index contributed by atoms with van der Waals surface area (Å²) in [7, 11) is -3.64. The summed E-state index contributed by atoms with van der Waals surface area (Å²) < 4.78 is 34.0. The SMILES string of the molecule is O=S(=O)(c1ccccc1)N1CCN(c2ccccc2)CC1OCC1COOC1. The van der Waals surface area contributed by atoms with Gasteiger partial charge in [-0.25, -0.2) is 18.2 Å². The van der Waals surface area contributed by atoms with E-state index in [0.29, 0.717) is 39.5 Å². The van der Waals surface area contributed by atoms with Crippen molar-refractivity contribution in [2.45, 2.75) is 11.1 Å². The molecule has 0 aliphatic carbocycles. The Morgan fingerprint density at radius 1 is 0.929 bits per heavy atom. The van der Waals surface area contributed by atoms with Crippen LogP contribution in [-0.2, 0) is 24.5 Å². The predicted octanol–water partition coefficient (Wildman–Crippen LogP) is 2.12. The molecule has 2 fully saturated rings. The fourth-order valence-corrected chi connectivity index (χ4v) is 4.96. The predicted molar refractivity (Wildman–Crippen MR) is 104 cm³/mol. The second-order valence-corrected chi connectivity index (χ2v) is 8.82. The molecule has 0 bridgehead atoms. The summed E-state index contributed by atoms with van der Waals surface area (Å²) >= 11 is 0. The van der Waals surface area contributed by atoms with Crippen LogP contribution in [0, 0.1) is 5.92 Å². The van der Waals surface area contributed by atoms with Crippen LogP contribution in [0.3, 0.4) is 0 Å². The zero-order valence-corrected chi connectivity index (χ0v) is 16.3. The number of anilines is 1. The molecule has 2 aliphatic heterocycles. The van der Waals surface area contributed by atoms with Gasteiger partial charge in [-0.1, -0.05) is 36.4 Å². The molecule has 7 nitrogen and oxygen atoms in total. The summed E-state index contributed by atoms with van der Waals surface area (Å²) in [4.78, 5) is 12.3. The van der Waals surface area contributed by atoms with Gasteiger partial charge in [0.05, 0.1) is 31.3 Å². The standard InChI is InChI=1S/C20H24N2O5S/c23-28(24,19-9-5-2-6-10-19)22-12-11-21(18-7-3-1-4-8-18)13-20(22)25-14-17-15-26-27-16-17/h1-10,17,20H,11-16H2. The lowest BCUT2D eigenvalue weighted by Crippen LogP contribution is -2.56. The zero-order valence-electron chi connectivity index (χ0n) is 15.5. The number of para-hydroxylation sites is 1. The minimum Gasteiger partial charge on any atom is -0.366 e. The van der Waals surface area contributed by atoms with Crippen LogP contribution in [0.4, 0.5) is 5.69 Å². The van der Waals surface area contributed by atoms with Gasteiger partial charge in [0.1, 0.15) is 6.23 Å². The third kappa shape index (κ3) is 4.21. The summed E-state index contributed by atoms with van der Waals surface area (Å²) in [6.45, 7) is 2.72. The van der Waals surface area contributed by atoms with Crippen molar-refractivity contribution in [3.8, 4) is 0 Å². The molecule has 1 unspecified atom stereocenters. The largest absolute Gasteiger partial charge is 0.366 e. The highest BCUT2D eigenvalue weighted by atomic mass is 32.2. The van der Waals surface area contributed by atoms with E-state index in [2.05, 4.69) is 4.90 Å². The van der Waals surface area contributed by atoms with Gasteiger partial charge >= 0.3 is 0 Å². The first-order valence-electron chi connectivity index (χ1n) is 9.37. The molecule has 4 rings (SSSR count). The van der Waals surface area contributed by atoms with Crippen LogP contribution in [-0.4, -0.2) is 58.4 Å². The van der Waals surface area contributed by atoms with Gasteiger partial charge in [0.15, 0.2) is 0 Å². The zero-order chi connectivity index (χ0) is 19.4. The number of piperazine rings is 1. The Balaban J connectivity index is 1.55. The van der Waals surface area contributed by atoms with Crippen molar-refractivity contribution >= 4 is 15.7 Å². The number of hydrogen-bond acceptors (Lipinski definition) is 6. The molecule has 0 aromatic heterocycles. The lowest BCUT2D eigenvalue weighted by molar-refractivity contribution is -0.248. The Bertz CT molecular complexity index is 857. The number of nitrogens with zero attached hydrogens (tertiary/aromatic N) is 2. The van der Waals surface area contributed by atoms with E-state index in [0.717, 1.165) is 5.69 Å². The summed E-state index contributed by atoms with van der Waals surface area (Å²) in [6, 6.07) is 18.5. The molecule has 0 radical (unpaired) electrons. The van der Waals surface area contributed by atoms with E-state index in [1.54, 1.807) is 30.3 Å². The van der Waals surface area contributed by atoms with Crippen molar-refractivity contribution in [3.05, 3.63) is 60.7 Å². The molecular formula is C20H24N2O5S. The molecule has 1 atom stereocenters. The molecule has 28 heavy (non-hydrogen) atoms.